The van der Waals surface area contributed by atoms with Gasteiger partial charge in [-0.2, -0.15) is 0 Å². The van der Waals surface area contributed by atoms with E-state index in [9.17, 15) is 4.79 Å². The number of benzene rings is 1. The van der Waals surface area contributed by atoms with Crippen LogP contribution in [0.25, 0.3) is 0 Å². The van der Waals surface area contributed by atoms with E-state index in [1.165, 1.54) is 12.4 Å². The lowest BCUT2D eigenvalue weighted by molar-refractivity contribution is 0.102. The van der Waals surface area contributed by atoms with Crippen molar-refractivity contribution in [1.82, 2.24) is 9.97 Å². The maximum absolute atomic E-state index is 12.2. The summed E-state index contributed by atoms with van der Waals surface area (Å²) in [6, 6.07) is 8.01. The molecule has 0 saturated carbocycles. The van der Waals surface area contributed by atoms with Crippen LogP contribution >= 0.6 is 0 Å². The molecule has 0 aliphatic heterocycles. The van der Waals surface area contributed by atoms with E-state index in [4.69, 9.17) is 0 Å². The number of aryl methyl sites for hydroxylation is 1. The van der Waals surface area contributed by atoms with Crippen molar-refractivity contribution in [2.45, 2.75) is 33.2 Å². The number of amides is 1. The molecule has 1 heterocycles. The van der Waals surface area contributed by atoms with Crippen molar-refractivity contribution in [1.29, 1.82) is 0 Å². The molecule has 0 unspecified atom stereocenters. The minimum Gasteiger partial charge on any atom is -0.352 e. The Hall–Kier alpha value is -2.43. The van der Waals surface area contributed by atoms with Crippen molar-refractivity contribution in [3.05, 3.63) is 47.8 Å². The number of anilines is 2. The predicted octanol–water partition coefficient (Wildman–Crippen LogP) is 3.11. The summed E-state index contributed by atoms with van der Waals surface area (Å²) < 4.78 is 0. The van der Waals surface area contributed by atoms with E-state index in [1.54, 1.807) is 0 Å². The summed E-state index contributed by atoms with van der Waals surface area (Å²) in [5.41, 5.74) is 2.37. The Balaban J connectivity index is 2.09. The van der Waals surface area contributed by atoms with Crippen LogP contribution in [0.3, 0.4) is 0 Å². The van der Waals surface area contributed by atoms with Crippen LogP contribution < -0.4 is 10.6 Å². The number of carbonyl (C=O) groups is 1. The smallest absolute Gasteiger partial charge is 0.258 e. The summed E-state index contributed by atoms with van der Waals surface area (Å²) in [5.74, 6) is 0.322. The van der Waals surface area contributed by atoms with Crippen molar-refractivity contribution in [2.75, 3.05) is 10.6 Å². The average Bonchev–Trinajstić information content (AvgIpc) is 2.48. The Morgan fingerprint density at radius 1 is 1.19 bits per heavy atom. The van der Waals surface area contributed by atoms with E-state index in [2.05, 4.69) is 27.5 Å². The molecule has 2 aromatic rings. The number of rotatable bonds is 5. The van der Waals surface area contributed by atoms with Crippen molar-refractivity contribution >= 4 is 17.5 Å². The Morgan fingerprint density at radius 2 is 1.86 bits per heavy atom. The minimum atomic E-state index is -0.202. The Bertz CT molecular complexity index is 608. The molecule has 5 nitrogen and oxygen atoms in total. The minimum absolute atomic E-state index is 0.202. The van der Waals surface area contributed by atoms with Crippen LogP contribution in [0, 0.1) is 0 Å². The van der Waals surface area contributed by atoms with E-state index >= 15 is 0 Å². The molecule has 0 radical (unpaired) electrons. The zero-order valence-corrected chi connectivity index (χ0v) is 12.6. The largest absolute Gasteiger partial charge is 0.352 e. The third-order valence-corrected chi connectivity index (χ3v) is 2.98. The summed E-state index contributed by atoms with van der Waals surface area (Å²) in [5, 5.41) is 5.98. The second-order valence-corrected chi connectivity index (χ2v) is 5.06. The first-order valence-corrected chi connectivity index (χ1v) is 7.08. The van der Waals surface area contributed by atoms with Crippen LogP contribution in [-0.2, 0) is 6.42 Å². The van der Waals surface area contributed by atoms with Gasteiger partial charge in [0.1, 0.15) is 0 Å². The summed E-state index contributed by atoms with van der Waals surface area (Å²) in [7, 11) is 0. The number of nitrogens with zero attached hydrogens (tertiary/aromatic N) is 2. The quantitative estimate of drug-likeness (QED) is 0.885. The van der Waals surface area contributed by atoms with Crippen molar-refractivity contribution in [3.8, 4) is 0 Å². The lowest BCUT2D eigenvalue weighted by Crippen LogP contribution is -2.16. The molecule has 0 bridgehead atoms. The maximum Gasteiger partial charge on any atom is 0.258 e. The summed E-state index contributed by atoms with van der Waals surface area (Å²) >= 11 is 0. The van der Waals surface area contributed by atoms with Gasteiger partial charge in [0, 0.05) is 24.1 Å². The van der Waals surface area contributed by atoms with Crippen LogP contribution in [0.5, 0.6) is 0 Å². The molecular weight excluding hydrogens is 264 g/mol. The average molecular weight is 284 g/mol. The second kappa shape index (κ2) is 6.83. The highest BCUT2D eigenvalue weighted by atomic mass is 16.1. The highest BCUT2D eigenvalue weighted by Crippen LogP contribution is 2.16. The van der Waals surface area contributed by atoms with Gasteiger partial charge in [-0.3, -0.25) is 4.79 Å². The Labute approximate surface area is 124 Å². The van der Waals surface area contributed by atoms with Crippen molar-refractivity contribution < 1.29 is 4.79 Å². The van der Waals surface area contributed by atoms with E-state index in [-0.39, 0.29) is 11.9 Å². The van der Waals surface area contributed by atoms with Crippen LogP contribution in [0.2, 0.25) is 0 Å². The van der Waals surface area contributed by atoms with Gasteiger partial charge in [-0.1, -0.05) is 25.1 Å². The number of nitrogens with one attached hydrogen (secondary N) is 2. The SMILES string of the molecule is CCc1ccccc1NC(=O)c1cnc(NC(C)C)nc1. The molecule has 0 spiro atoms. The van der Waals surface area contributed by atoms with Gasteiger partial charge in [0.15, 0.2) is 0 Å². The van der Waals surface area contributed by atoms with Gasteiger partial charge in [-0.15, -0.1) is 0 Å². The first-order valence-electron chi connectivity index (χ1n) is 7.08. The lowest BCUT2D eigenvalue weighted by atomic mass is 10.1. The second-order valence-electron chi connectivity index (χ2n) is 5.06. The van der Waals surface area contributed by atoms with Gasteiger partial charge in [0.2, 0.25) is 5.95 Å². The number of hydrogen-bond donors (Lipinski definition) is 2. The van der Waals surface area contributed by atoms with Crippen LogP contribution in [0.1, 0.15) is 36.7 Å². The van der Waals surface area contributed by atoms with Gasteiger partial charge in [-0.25, -0.2) is 9.97 Å². The fraction of sp³-hybridized carbons (Fsp3) is 0.312. The molecule has 21 heavy (non-hydrogen) atoms. The molecule has 5 heteroatoms. The maximum atomic E-state index is 12.2. The monoisotopic (exact) mass is 284 g/mol. The van der Waals surface area contributed by atoms with Crippen LogP contribution in [0.4, 0.5) is 11.6 Å². The highest BCUT2D eigenvalue weighted by Gasteiger charge is 2.09. The van der Waals surface area contributed by atoms with E-state index in [1.807, 2.05) is 38.1 Å². The molecule has 0 atom stereocenters. The lowest BCUT2D eigenvalue weighted by Gasteiger charge is -2.10. The molecule has 110 valence electrons. The number of carbonyl (C=O) groups excluding carboxylic acids is 1. The topological polar surface area (TPSA) is 66.9 Å². The first-order chi connectivity index (χ1) is 10.1. The van der Waals surface area contributed by atoms with Gasteiger partial charge in [0.25, 0.3) is 5.91 Å². The molecule has 1 amide bonds. The summed E-state index contributed by atoms with van der Waals surface area (Å²) in [6.45, 7) is 6.07. The summed E-state index contributed by atoms with van der Waals surface area (Å²) in [4.78, 5) is 20.5. The molecule has 0 saturated heterocycles. The fourth-order valence-electron chi connectivity index (χ4n) is 1.92. The first kappa shape index (κ1) is 15.0. The van der Waals surface area contributed by atoms with Gasteiger partial charge >= 0.3 is 0 Å². The Morgan fingerprint density at radius 3 is 2.48 bits per heavy atom. The standard InChI is InChI=1S/C16H20N4O/c1-4-12-7-5-6-8-14(12)20-15(21)13-9-17-16(18-10-13)19-11(2)3/h5-11H,4H2,1-3H3,(H,20,21)(H,17,18,19). The third kappa shape index (κ3) is 4.02. The molecular formula is C16H20N4O. The van der Waals surface area contributed by atoms with Gasteiger partial charge in [-0.05, 0) is 31.9 Å². The van der Waals surface area contributed by atoms with Crippen LogP contribution in [0.15, 0.2) is 36.7 Å². The predicted molar refractivity (Wildman–Crippen MR) is 84.6 cm³/mol. The molecule has 0 aliphatic carbocycles. The Kier molecular flexibility index (Phi) is 4.87. The highest BCUT2D eigenvalue weighted by molar-refractivity contribution is 6.04. The van der Waals surface area contributed by atoms with Gasteiger partial charge < -0.3 is 10.6 Å². The van der Waals surface area contributed by atoms with E-state index in [0.29, 0.717) is 11.5 Å². The number of aromatic nitrogens is 2. The molecule has 2 rings (SSSR count). The molecule has 1 aromatic carbocycles. The van der Waals surface area contributed by atoms with E-state index in [0.717, 1.165) is 17.7 Å². The number of hydrogen-bond acceptors (Lipinski definition) is 4. The van der Waals surface area contributed by atoms with E-state index < -0.39 is 0 Å². The molecule has 1 aromatic heterocycles. The normalized spacial score (nSPS) is 10.5. The zero-order chi connectivity index (χ0) is 15.2. The molecule has 0 fully saturated rings. The zero-order valence-electron chi connectivity index (χ0n) is 12.6. The number of para-hydroxylation sites is 1. The fourth-order valence-corrected chi connectivity index (χ4v) is 1.92. The third-order valence-electron chi connectivity index (χ3n) is 2.98. The van der Waals surface area contributed by atoms with Crippen LogP contribution in [-0.4, -0.2) is 21.9 Å². The molecule has 2 N–H and O–H groups in total. The van der Waals surface area contributed by atoms with Crippen molar-refractivity contribution in [3.63, 3.8) is 0 Å². The summed E-state index contributed by atoms with van der Waals surface area (Å²) in [6.07, 6.45) is 3.92. The van der Waals surface area contributed by atoms with Crippen molar-refractivity contribution in [2.24, 2.45) is 0 Å². The molecule has 0 aliphatic rings. The van der Waals surface area contributed by atoms with Gasteiger partial charge in [0.05, 0.1) is 5.56 Å².